The third kappa shape index (κ3) is 13.0. The molecule has 1 nitrogen and oxygen atoms in total. The number of hydrogen-bond donors (Lipinski definition) is 1. The minimum atomic E-state index is -0.625. The molecule has 0 bridgehead atoms. The molecule has 1 aliphatic carbocycles. The van der Waals surface area contributed by atoms with Gasteiger partial charge >= 0.3 is 0 Å². The highest BCUT2D eigenvalue weighted by Gasteiger charge is 2.09. The van der Waals surface area contributed by atoms with E-state index in [1.165, 1.54) is 19.3 Å². The summed E-state index contributed by atoms with van der Waals surface area (Å²) in [7, 11) is 0. The van der Waals surface area contributed by atoms with Gasteiger partial charge in [-0.3, -0.25) is 0 Å². The van der Waals surface area contributed by atoms with Gasteiger partial charge in [-0.2, -0.15) is 0 Å². The average molecular weight is 164 g/mol. The highest BCUT2D eigenvalue weighted by molar-refractivity contribution is 4.62. The largest absolute Gasteiger partial charge is 0.394 e. The number of aliphatic hydroxyl groups excluding tert-OH is 1. The number of aliphatic hydroxyl groups is 1. The van der Waals surface area contributed by atoms with Crippen molar-refractivity contribution in [2.24, 2.45) is 5.92 Å². The van der Waals surface area contributed by atoms with Gasteiger partial charge in [0, 0.05) is 0 Å². The zero-order valence-electron chi connectivity index (χ0n) is 7.94. The minimum Gasteiger partial charge on any atom is -0.394 e. The van der Waals surface area contributed by atoms with Gasteiger partial charge in [0.15, 0.2) is 0 Å². The van der Waals surface area contributed by atoms with Gasteiger partial charge in [-0.15, -0.1) is 0 Å². The predicted molar refractivity (Wildman–Crippen MR) is 47.4 cm³/mol. The predicted octanol–water partition coefficient (Wildman–Crippen LogP) is 2.78. The molecule has 0 aromatic heterocycles. The molecule has 0 aromatic carbocycles. The zero-order valence-corrected chi connectivity index (χ0v) is 7.94. The van der Waals surface area contributed by atoms with Gasteiger partial charge in [-0.1, -0.05) is 40.0 Å². The van der Waals surface area contributed by atoms with E-state index in [0.717, 1.165) is 5.92 Å². The molecule has 0 spiro atoms. The lowest BCUT2D eigenvalue weighted by Gasteiger charge is -2.18. The maximum atomic E-state index is 10.5. The summed E-state index contributed by atoms with van der Waals surface area (Å²) in [5.41, 5.74) is 0. The van der Waals surface area contributed by atoms with Gasteiger partial charge in [-0.05, 0) is 5.92 Å². The molecular weight excluding hydrogens is 143 g/mol. The van der Waals surface area contributed by atoms with E-state index in [0.29, 0.717) is 0 Å². The van der Waals surface area contributed by atoms with Crippen molar-refractivity contribution >= 4 is 0 Å². The minimum absolute atomic E-state index is 0.347. The van der Waals surface area contributed by atoms with Crippen LogP contribution in [0.2, 0.25) is 0 Å². The van der Waals surface area contributed by atoms with Crippen LogP contribution in [0.25, 0.3) is 0 Å². The summed E-state index contributed by atoms with van der Waals surface area (Å²) in [5, 5.41) is 7.50. The van der Waals surface area contributed by atoms with Crippen molar-refractivity contribution in [3.8, 4) is 0 Å². The Morgan fingerprint density at radius 1 is 1.36 bits per heavy atom. The summed E-state index contributed by atoms with van der Waals surface area (Å²) in [4.78, 5) is 0. The molecular formula is C9H21FO. The van der Waals surface area contributed by atoms with Crippen molar-refractivity contribution < 1.29 is 9.50 Å². The van der Waals surface area contributed by atoms with Crippen LogP contribution in [-0.4, -0.2) is 18.4 Å². The third-order valence-electron chi connectivity index (χ3n) is 1.48. The molecule has 1 aliphatic rings. The van der Waals surface area contributed by atoms with Crippen molar-refractivity contribution in [3.05, 3.63) is 0 Å². The van der Waals surface area contributed by atoms with Crippen molar-refractivity contribution in [1.82, 2.24) is 0 Å². The first kappa shape index (κ1) is 13.5. The first-order chi connectivity index (χ1) is 5.31. The highest BCUT2D eigenvalue weighted by atomic mass is 19.1. The van der Waals surface area contributed by atoms with E-state index >= 15 is 0 Å². The lowest BCUT2D eigenvalue weighted by atomic mass is 9.88. The van der Waals surface area contributed by atoms with Crippen LogP contribution in [0.5, 0.6) is 0 Å². The molecule has 0 unspecified atom stereocenters. The van der Waals surface area contributed by atoms with Gasteiger partial charge in [0.05, 0.1) is 6.61 Å². The van der Waals surface area contributed by atoms with Gasteiger partial charge < -0.3 is 5.11 Å². The van der Waals surface area contributed by atoms with Crippen molar-refractivity contribution in [2.45, 2.75) is 40.0 Å². The zero-order chi connectivity index (χ0) is 9.11. The molecule has 1 rings (SSSR count). The molecule has 1 N–H and O–H groups in total. The fourth-order valence-electron chi connectivity index (χ4n) is 0.612. The van der Waals surface area contributed by atoms with E-state index in [4.69, 9.17) is 5.11 Å². The van der Waals surface area contributed by atoms with E-state index in [1.54, 1.807) is 0 Å². The Morgan fingerprint density at radius 2 is 1.64 bits per heavy atom. The molecule has 70 valence electrons. The van der Waals surface area contributed by atoms with E-state index in [1.807, 2.05) is 13.8 Å². The molecule has 0 radical (unpaired) electrons. The molecule has 0 aliphatic heterocycles. The van der Waals surface area contributed by atoms with E-state index < -0.39 is 6.67 Å². The van der Waals surface area contributed by atoms with E-state index in [-0.39, 0.29) is 6.61 Å². The SMILES string of the molecule is CC.CC1CCC1.OCCF. The Morgan fingerprint density at radius 3 is 1.64 bits per heavy atom. The summed E-state index contributed by atoms with van der Waals surface area (Å²) in [6, 6.07) is 0. The first-order valence-electron chi connectivity index (χ1n) is 4.48. The average Bonchev–Trinajstić information content (AvgIpc) is 2.05. The molecule has 0 aromatic rings. The lowest BCUT2D eigenvalue weighted by molar-refractivity contribution is 0.253. The van der Waals surface area contributed by atoms with Crippen LogP contribution in [0.1, 0.15) is 40.0 Å². The monoisotopic (exact) mass is 164 g/mol. The molecule has 0 atom stereocenters. The molecule has 0 saturated heterocycles. The van der Waals surface area contributed by atoms with Gasteiger partial charge in [0.25, 0.3) is 0 Å². The molecule has 0 amide bonds. The quantitative estimate of drug-likeness (QED) is 0.632. The Bertz CT molecular complexity index is 51.5. The summed E-state index contributed by atoms with van der Waals surface area (Å²) in [5.74, 6) is 1.06. The number of halogens is 1. The van der Waals surface area contributed by atoms with E-state index in [2.05, 4.69) is 6.92 Å². The van der Waals surface area contributed by atoms with Crippen molar-refractivity contribution in [1.29, 1.82) is 0 Å². The second kappa shape index (κ2) is 12.6. The Kier molecular flexibility index (Phi) is 15.4. The summed E-state index contributed by atoms with van der Waals surface area (Å²) >= 11 is 0. The Balaban J connectivity index is 0. The van der Waals surface area contributed by atoms with Crippen LogP contribution in [0, 0.1) is 5.92 Å². The molecule has 1 saturated carbocycles. The summed E-state index contributed by atoms with van der Waals surface area (Å²) in [6.07, 6.45) is 4.46. The van der Waals surface area contributed by atoms with Gasteiger partial charge in [0.1, 0.15) is 6.67 Å². The number of alkyl halides is 1. The topological polar surface area (TPSA) is 20.2 Å². The van der Waals surface area contributed by atoms with Crippen LogP contribution in [0.15, 0.2) is 0 Å². The number of hydrogen-bond acceptors (Lipinski definition) is 1. The van der Waals surface area contributed by atoms with Gasteiger partial charge in [-0.25, -0.2) is 4.39 Å². The maximum Gasteiger partial charge on any atom is 0.112 e. The van der Waals surface area contributed by atoms with Crippen molar-refractivity contribution in [3.63, 3.8) is 0 Å². The second-order valence-corrected chi connectivity index (χ2v) is 2.45. The fraction of sp³-hybridized carbons (Fsp3) is 1.00. The van der Waals surface area contributed by atoms with Crippen molar-refractivity contribution in [2.75, 3.05) is 13.3 Å². The van der Waals surface area contributed by atoms with Crippen LogP contribution in [0.4, 0.5) is 4.39 Å². The van der Waals surface area contributed by atoms with E-state index in [9.17, 15) is 4.39 Å². The maximum absolute atomic E-state index is 10.5. The molecule has 0 heterocycles. The standard InChI is InChI=1S/C5H10.C2H5FO.C2H6/c1-5-3-2-4-5;3-1-2-4;1-2/h5H,2-4H2,1H3;4H,1-2H2;1-2H3. The summed E-state index contributed by atoms with van der Waals surface area (Å²) in [6.45, 7) is 5.34. The highest BCUT2D eigenvalue weighted by Crippen LogP contribution is 2.24. The van der Waals surface area contributed by atoms with Crippen LogP contribution >= 0.6 is 0 Å². The molecule has 11 heavy (non-hydrogen) atoms. The van der Waals surface area contributed by atoms with Crippen LogP contribution in [-0.2, 0) is 0 Å². The smallest absolute Gasteiger partial charge is 0.112 e. The van der Waals surface area contributed by atoms with Crippen LogP contribution in [0.3, 0.4) is 0 Å². The second-order valence-electron chi connectivity index (χ2n) is 2.45. The Hall–Kier alpha value is -0.110. The third-order valence-corrected chi connectivity index (χ3v) is 1.48. The molecule has 2 heteroatoms. The summed E-state index contributed by atoms with van der Waals surface area (Å²) < 4.78 is 10.5. The van der Waals surface area contributed by atoms with Crippen LogP contribution < -0.4 is 0 Å². The Labute approximate surface area is 69.6 Å². The number of rotatable bonds is 1. The normalized spacial score (nSPS) is 15.0. The van der Waals surface area contributed by atoms with Gasteiger partial charge in [0.2, 0.25) is 0 Å². The first-order valence-corrected chi connectivity index (χ1v) is 4.48. The fourth-order valence-corrected chi connectivity index (χ4v) is 0.612. The lowest BCUT2D eigenvalue weighted by Crippen LogP contribution is -2.04. The molecule has 1 fully saturated rings.